The number of thioether (sulfide) groups is 1. The molecule has 0 aromatic rings. The second kappa shape index (κ2) is 3.54. The highest BCUT2D eigenvalue weighted by Gasteiger charge is 2.17. The molecule has 0 unspecified atom stereocenters. The van der Waals surface area contributed by atoms with Crippen LogP contribution >= 0.6 is 11.8 Å². The van der Waals surface area contributed by atoms with Crippen molar-refractivity contribution in [2.24, 2.45) is 0 Å². The van der Waals surface area contributed by atoms with Crippen molar-refractivity contribution in [1.82, 2.24) is 0 Å². The Balaban J connectivity index is 3.92. The molecule has 0 aliphatic carbocycles. The number of nitrogens with zero attached hydrogens (tertiary/aromatic N) is 2. The van der Waals surface area contributed by atoms with E-state index in [0.29, 0.717) is 0 Å². The van der Waals surface area contributed by atoms with Gasteiger partial charge in [0.25, 0.3) is 5.12 Å². The summed E-state index contributed by atoms with van der Waals surface area (Å²) in [4.78, 5) is 13.3. The van der Waals surface area contributed by atoms with Crippen LogP contribution in [-0.2, 0) is 4.79 Å². The highest BCUT2D eigenvalue weighted by atomic mass is 32.2. The Morgan fingerprint density at radius 1 is 1.60 bits per heavy atom. The molecule has 0 aromatic heterocycles. The maximum absolute atomic E-state index is 10.7. The van der Waals surface area contributed by atoms with Crippen molar-refractivity contribution >= 4 is 23.1 Å². The fourth-order valence-corrected chi connectivity index (χ4v) is 1.08. The Hall–Kier alpha value is -0.600. The molecule has 0 fully saturated rings. The summed E-state index contributed by atoms with van der Waals surface area (Å²) in [5.74, 6) is 0. The number of rotatable bonds is 1. The minimum Gasteiger partial charge on any atom is -0.361 e. The lowest BCUT2D eigenvalue weighted by Crippen LogP contribution is -2.12. The van der Waals surface area contributed by atoms with E-state index in [1.54, 1.807) is 0 Å². The van der Waals surface area contributed by atoms with Gasteiger partial charge >= 0.3 is 6.21 Å². The van der Waals surface area contributed by atoms with Gasteiger partial charge in [-0.3, -0.25) is 4.79 Å². The Kier molecular flexibility index (Phi) is 3.33. The minimum atomic E-state index is -0.227. The Bertz CT molecular complexity index is 177. The summed E-state index contributed by atoms with van der Waals surface area (Å²) in [5.41, 5.74) is 7.97. The molecule has 0 atom stereocenters. The third kappa shape index (κ3) is 5.54. The van der Waals surface area contributed by atoms with Crippen LogP contribution in [0.25, 0.3) is 5.53 Å². The van der Waals surface area contributed by atoms with E-state index in [2.05, 4.69) is 4.79 Å². The van der Waals surface area contributed by atoms with E-state index >= 15 is 0 Å². The Morgan fingerprint density at radius 2 is 2.10 bits per heavy atom. The van der Waals surface area contributed by atoms with E-state index < -0.39 is 0 Å². The highest BCUT2D eigenvalue weighted by Crippen LogP contribution is 2.22. The summed E-state index contributed by atoms with van der Waals surface area (Å²) in [6, 6.07) is 0. The van der Waals surface area contributed by atoms with Crippen molar-refractivity contribution in [2.45, 2.75) is 25.5 Å². The van der Waals surface area contributed by atoms with E-state index in [-0.39, 0.29) is 9.86 Å². The van der Waals surface area contributed by atoms with Gasteiger partial charge < -0.3 is 5.53 Å². The molecule has 0 rings (SSSR count). The van der Waals surface area contributed by atoms with E-state index in [4.69, 9.17) is 5.53 Å². The number of hydrogen-bond donors (Lipinski definition) is 0. The van der Waals surface area contributed by atoms with Crippen LogP contribution < -0.4 is 0 Å². The van der Waals surface area contributed by atoms with Gasteiger partial charge in [-0.15, -0.1) is 0 Å². The molecule has 3 nitrogen and oxygen atoms in total. The fraction of sp³-hybridized carbons (Fsp3) is 0.667. The lowest BCUT2D eigenvalue weighted by Gasteiger charge is -2.12. The average Bonchev–Trinajstić information content (AvgIpc) is 1.59. The van der Waals surface area contributed by atoms with Crippen LogP contribution in [0.2, 0.25) is 0 Å². The van der Waals surface area contributed by atoms with Crippen molar-refractivity contribution < 1.29 is 9.58 Å². The second-order valence-electron chi connectivity index (χ2n) is 2.78. The molecular weight excluding hydrogens is 148 g/mol. The van der Waals surface area contributed by atoms with Crippen LogP contribution in [0.5, 0.6) is 0 Å². The predicted molar refractivity (Wildman–Crippen MR) is 42.0 cm³/mol. The summed E-state index contributed by atoms with van der Waals surface area (Å²) in [6.07, 6.45) is 0.899. The van der Waals surface area contributed by atoms with Gasteiger partial charge in [0.05, 0.1) is 0 Å². The molecular formula is C6H10N2OS. The van der Waals surface area contributed by atoms with Gasteiger partial charge in [-0.25, -0.2) is 0 Å². The molecule has 0 saturated heterocycles. The number of carbonyl (C=O) groups excluding carboxylic acids is 1. The van der Waals surface area contributed by atoms with Crippen molar-refractivity contribution in [2.75, 3.05) is 0 Å². The maximum atomic E-state index is 10.7. The first-order valence-electron chi connectivity index (χ1n) is 2.86. The zero-order valence-electron chi connectivity index (χ0n) is 6.29. The summed E-state index contributed by atoms with van der Waals surface area (Å²) < 4.78 is -0.113. The molecule has 0 heterocycles. The lowest BCUT2D eigenvalue weighted by molar-refractivity contribution is -0.108. The number of hydrogen-bond acceptors (Lipinski definition) is 2. The van der Waals surface area contributed by atoms with Crippen molar-refractivity contribution in [1.29, 1.82) is 0 Å². The fourth-order valence-electron chi connectivity index (χ4n) is 0.375. The molecule has 0 aromatic carbocycles. The van der Waals surface area contributed by atoms with E-state index in [9.17, 15) is 4.79 Å². The molecule has 0 radical (unpaired) electrons. The Morgan fingerprint density at radius 3 is 2.40 bits per heavy atom. The predicted octanol–water partition coefficient (Wildman–Crippen LogP) is 1.35. The summed E-state index contributed by atoms with van der Waals surface area (Å²) in [5, 5.41) is -0.227. The smallest absolute Gasteiger partial charge is 0.334 e. The zero-order valence-corrected chi connectivity index (χ0v) is 7.10. The van der Waals surface area contributed by atoms with Crippen LogP contribution in [-0.4, -0.2) is 20.9 Å². The lowest BCUT2D eigenvalue weighted by atomic mass is 10.3. The molecule has 0 N–H and O–H groups in total. The molecule has 0 aliphatic heterocycles. The first-order valence-corrected chi connectivity index (χ1v) is 3.68. The van der Waals surface area contributed by atoms with Crippen LogP contribution in [0.1, 0.15) is 20.8 Å². The average molecular weight is 158 g/mol. The quantitative estimate of drug-likeness (QED) is 0.328. The first-order chi connectivity index (χ1) is 4.45. The molecule has 0 amide bonds. The molecule has 0 saturated carbocycles. The molecule has 4 heteroatoms. The SMILES string of the molecule is CC(C)(C)SC(=O)C=[N+]=[N-]. The van der Waals surface area contributed by atoms with Gasteiger partial charge in [-0.05, 0) is 0 Å². The van der Waals surface area contributed by atoms with E-state index in [1.807, 2.05) is 20.8 Å². The zero-order chi connectivity index (χ0) is 8.20. The monoisotopic (exact) mass is 158 g/mol. The maximum Gasteiger partial charge on any atom is 0.334 e. The number of carbonyl (C=O) groups is 1. The molecule has 0 bridgehead atoms. The molecule has 0 spiro atoms. The second-order valence-corrected chi connectivity index (χ2v) is 4.61. The standard InChI is InChI=1S/C6H10N2OS/c1-6(2,3)10-5(9)4-8-7/h4H,1-3H3. The van der Waals surface area contributed by atoms with Gasteiger partial charge in [0.1, 0.15) is 0 Å². The summed E-state index contributed by atoms with van der Waals surface area (Å²) in [6.45, 7) is 5.75. The van der Waals surface area contributed by atoms with Gasteiger partial charge in [0, 0.05) is 4.75 Å². The van der Waals surface area contributed by atoms with Crippen LogP contribution in [0.4, 0.5) is 0 Å². The van der Waals surface area contributed by atoms with Crippen LogP contribution in [0.3, 0.4) is 0 Å². The van der Waals surface area contributed by atoms with Gasteiger partial charge in [-0.1, -0.05) is 32.5 Å². The normalized spacial score (nSPS) is 10.3. The minimum absolute atomic E-state index is 0.113. The molecule has 0 aliphatic rings. The molecule has 56 valence electrons. The van der Waals surface area contributed by atoms with Crippen molar-refractivity contribution in [3.8, 4) is 0 Å². The van der Waals surface area contributed by atoms with Crippen molar-refractivity contribution in [3.63, 3.8) is 0 Å². The van der Waals surface area contributed by atoms with Crippen molar-refractivity contribution in [3.05, 3.63) is 5.53 Å². The summed E-state index contributed by atoms with van der Waals surface area (Å²) in [7, 11) is 0. The van der Waals surface area contributed by atoms with Crippen LogP contribution in [0, 0.1) is 0 Å². The highest BCUT2D eigenvalue weighted by molar-refractivity contribution is 8.16. The summed E-state index contributed by atoms with van der Waals surface area (Å²) >= 11 is 1.13. The Labute approximate surface area is 64.4 Å². The van der Waals surface area contributed by atoms with E-state index in [0.717, 1.165) is 18.0 Å². The van der Waals surface area contributed by atoms with Gasteiger partial charge in [0.15, 0.2) is 0 Å². The van der Waals surface area contributed by atoms with E-state index in [1.165, 1.54) is 0 Å². The van der Waals surface area contributed by atoms with Gasteiger partial charge in [0.2, 0.25) is 0 Å². The topological polar surface area (TPSA) is 53.5 Å². The third-order valence-corrected chi connectivity index (χ3v) is 1.49. The van der Waals surface area contributed by atoms with Gasteiger partial charge in [-0.2, -0.15) is 4.79 Å². The first kappa shape index (κ1) is 9.40. The molecule has 10 heavy (non-hydrogen) atoms. The third-order valence-electron chi connectivity index (χ3n) is 0.570. The largest absolute Gasteiger partial charge is 0.361 e. The van der Waals surface area contributed by atoms with Crippen LogP contribution in [0.15, 0.2) is 0 Å².